The SMILES string of the molecule is Nc1cc(-c2cnc(C3CCOCC3)s2)ccn1. The molecule has 0 bridgehead atoms. The Morgan fingerprint density at radius 3 is 2.89 bits per heavy atom. The van der Waals surface area contributed by atoms with Crippen molar-refractivity contribution in [2.75, 3.05) is 18.9 Å². The van der Waals surface area contributed by atoms with Crippen molar-refractivity contribution in [1.82, 2.24) is 9.97 Å². The van der Waals surface area contributed by atoms with E-state index in [1.165, 1.54) is 5.01 Å². The Morgan fingerprint density at radius 2 is 2.11 bits per heavy atom. The largest absolute Gasteiger partial charge is 0.384 e. The first-order valence-corrected chi connectivity index (χ1v) is 6.90. The Kier molecular flexibility index (Phi) is 3.25. The molecule has 2 aromatic heterocycles. The van der Waals surface area contributed by atoms with E-state index in [4.69, 9.17) is 10.5 Å². The zero-order valence-corrected chi connectivity index (χ0v) is 10.8. The summed E-state index contributed by atoms with van der Waals surface area (Å²) in [5.41, 5.74) is 6.80. The molecule has 1 aliphatic heterocycles. The van der Waals surface area contributed by atoms with Gasteiger partial charge in [0, 0.05) is 31.5 Å². The Labute approximate surface area is 110 Å². The number of nitrogens with two attached hydrogens (primary N) is 1. The molecule has 0 aliphatic carbocycles. The van der Waals surface area contributed by atoms with Crippen molar-refractivity contribution >= 4 is 17.2 Å². The van der Waals surface area contributed by atoms with Gasteiger partial charge in [0.1, 0.15) is 5.82 Å². The van der Waals surface area contributed by atoms with Crippen LogP contribution in [-0.2, 0) is 4.74 Å². The molecule has 0 atom stereocenters. The minimum atomic E-state index is 0.550. The standard InChI is InChI=1S/C13H15N3OS/c14-12-7-10(1-4-15-12)11-8-16-13(18-11)9-2-5-17-6-3-9/h1,4,7-9H,2-3,5-6H2,(H2,14,15). The molecule has 18 heavy (non-hydrogen) atoms. The number of hydrogen-bond donors (Lipinski definition) is 1. The third-order valence-electron chi connectivity index (χ3n) is 3.16. The lowest BCUT2D eigenvalue weighted by molar-refractivity contribution is 0.0853. The molecule has 0 radical (unpaired) electrons. The first kappa shape index (κ1) is 11.6. The minimum Gasteiger partial charge on any atom is -0.384 e. The molecule has 0 spiro atoms. The topological polar surface area (TPSA) is 61.0 Å². The highest BCUT2D eigenvalue weighted by Crippen LogP contribution is 2.34. The molecule has 1 fully saturated rings. The summed E-state index contributed by atoms with van der Waals surface area (Å²) >= 11 is 1.75. The summed E-state index contributed by atoms with van der Waals surface area (Å²) in [5.74, 6) is 1.10. The average molecular weight is 261 g/mol. The first-order chi connectivity index (χ1) is 8.83. The predicted molar refractivity (Wildman–Crippen MR) is 72.6 cm³/mol. The van der Waals surface area contributed by atoms with E-state index in [0.717, 1.165) is 36.5 Å². The van der Waals surface area contributed by atoms with E-state index in [-0.39, 0.29) is 0 Å². The molecule has 0 unspecified atom stereocenters. The van der Waals surface area contributed by atoms with Crippen LogP contribution in [0.15, 0.2) is 24.5 Å². The van der Waals surface area contributed by atoms with E-state index in [0.29, 0.717) is 11.7 Å². The molecule has 1 aliphatic rings. The maximum Gasteiger partial charge on any atom is 0.123 e. The van der Waals surface area contributed by atoms with Gasteiger partial charge in [0.15, 0.2) is 0 Å². The Hall–Kier alpha value is -1.46. The quantitative estimate of drug-likeness (QED) is 0.903. The van der Waals surface area contributed by atoms with Gasteiger partial charge < -0.3 is 10.5 Å². The highest BCUT2D eigenvalue weighted by molar-refractivity contribution is 7.15. The number of ether oxygens (including phenoxy) is 1. The molecule has 0 aromatic carbocycles. The van der Waals surface area contributed by atoms with Gasteiger partial charge in [0.05, 0.1) is 9.88 Å². The number of hydrogen-bond acceptors (Lipinski definition) is 5. The van der Waals surface area contributed by atoms with Gasteiger partial charge in [-0.1, -0.05) is 0 Å². The first-order valence-electron chi connectivity index (χ1n) is 6.08. The van der Waals surface area contributed by atoms with Gasteiger partial charge in [-0.3, -0.25) is 0 Å². The highest BCUT2D eigenvalue weighted by Gasteiger charge is 2.19. The second kappa shape index (κ2) is 5.04. The molecule has 3 heterocycles. The van der Waals surface area contributed by atoms with Crippen molar-refractivity contribution in [2.45, 2.75) is 18.8 Å². The summed E-state index contributed by atoms with van der Waals surface area (Å²) in [5, 5.41) is 1.21. The maximum atomic E-state index is 5.70. The van der Waals surface area contributed by atoms with E-state index in [2.05, 4.69) is 9.97 Å². The van der Waals surface area contributed by atoms with Crippen LogP contribution in [0.5, 0.6) is 0 Å². The summed E-state index contributed by atoms with van der Waals surface area (Å²) in [6.45, 7) is 1.70. The monoisotopic (exact) mass is 261 g/mol. The smallest absolute Gasteiger partial charge is 0.123 e. The third-order valence-corrected chi connectivity index (χ3v) is 4.37. The van der Waals surface area contributed by atoms with Gasteiger partial charge in [0.2, 0.25) is 0 Å². The molecule has 2 aromatic rings. The van der Waals surface area contributed by atoms with Crippen LogP contribution < -0.4 is 5.73 Å². The summed E-state index contributed by atoms with van der Waals surface area (Å²) < 4.78 is 5.38. The molecule has 2 N–H and O–H groups in total. The molecular formula is C13H15N3OS. The van der Waals surface area contributed by atoms with E-state index < -0.39 is 0 Å². The van der Waals surface area contributed by atoms with Crippen molar-refractivity contribution in [2.24, 2.45) is 0 Å². The number of thiazole rings is 1. The second-order valence-corrected chi connectivity index (χ2v) is 5.48. The van der Waals surface area contributed by atoms with Crippen LogP contribution >= 0.6 is 11.3 Å². The number of nitrogens with zero attached hydrogens (tertiary/aromatic N) is 2. The van der Waals surface area contributed by atoms with Crippen molar-refractivity contribution in [3.63, 3.8) is 0 Å². The van der Waals surface area contributed by atoms with Crippen molar-refractivity contribution in [1.29, 1.82) is 0 Å². The molecule has 0 saturated carbocycles. The molecule has 4 nitrogen and oxygen atoms in total. The molecular weight excluding hydrogens is 246 g/mol. The Balaban J connectivity index is 1.84. The summed E-state index contributed by atoms with van der Waals surface area (Å²) in [6, 6.07) is 3.86. The molecule has 3 rings (SSSR count). The fourth-order valence-corrected chi connectivity index (χ4v) is 3.24. The van der Waals surface area contributed by atoms with Crippen LogP contribution in [0, 0.1) is 0 Å². The number of aromatic nitrogens is 2. The van der Waals surface area contributed by atoms with Crippen LogP contribution in [0.2, 0.25) is 0 Å². The lowest BCUT2D eigenvalue weighted by Crippen LogP contribution is -2.13. The zero-order chi connectivity index (χ0) is 12.4. The summed E-state index contributed by atoms with van der Waals surface area (Å²) in [7, 11) is 0. The number of pyridine rings is 1. The minimum absolute atomic E-state index is 0.550. The molecule has 0 amide bonds. The number of rotatable bonds is 2. The lowest BCUT2D eigenvalue weighted by Gasteiger charge is -2.19. The van der Waals surface area contributed by atoms with Crippen LogP contribution in [-0.4, -0.2) is 23.2 Å². The maximum absolute atomic E-state index is 5.70. The Bertz CT molecular complexity index is 535. The molecule has 5 heteroatoms. The third kappa shape index (κ3) is 2.37. The highest BCUT2D eigenvalue weighted by atomic mass is 32.1. The van der Waals surface area contributed by atoms with Crippen molar-refractivity contribution < 1.29 is 4.74 Å². The molecule has 1 saturated heterocycles. The van der Waals surface area contributed by atoms with E-state index in [1.54, 1.807) is 17.5 Å². The number of anilines is 1. The van der Waals surface area contributed by atoms with Crippen molar-refractivity contribution in [3.8, 4) is 10.4 Å². The fraction of sp³-hybridized carbons (Fsp3) is 0.385. The van der Waals surface area contributed by atoms with Gasteiger partial charge in [-0.25, -0.2) is 9.97 Å². The van der Waals surface area contributed by atoms with Crippen LogP contribution in [0.25, 0.3) is 10.4 Å². The van der Waals surface area contributed by atoms with Crippen molar-refractivity contribution in [3.05, 3.63) is 29.5 Å². The second-order valence-electron chi connectivity index (χ2n) is 4.42. The summed E-state index contributed by atoms with van der Waals surface area (Å²) in [4.78, 5) is 9.71. The summed E-state index contributed by atoms with van der Waals surface area (Å²) in [6.07, 6.45) is 5.82. The zero-order valence-electron chi connectivity index (χ0n) is 10.0. The van der Waals surface area contributed by atoms with Crippen LogP contribution in [0.4, 0.5) is 5.82 Å². The van der Waals surface area contributed by atoms with Gasteiger partial charge >= 0.3 is 0 Å². The van der Waals surface area contributed by atoms with E-state index >= 15 is 0 Å². The normalized spacial score (nSPS) is 16.9. The fourth-order valence-electron chi connectivity index (χ4n) is 2.16. The van der Waals surface area contributed by atoms with E-state index in [1.807, 2.05) is 18.3 Å². The Morgan fingerprint density at radius 1 is 1.28 bits per heavy atom. The lowest BCUT2D eigenvalue weighted by atomic mass is 10.0. The van der Waals surface area contributed by atoms with Gasteiger partial charge in [0.25, 0.3) is 0 Å². The molecule has 94 valence electrons. The van der Waals surface area contributed by atoms with Gasteiger partial charge in [-0.15, -0.1) is 11.3 Å². The predicted octanol–water partition coefficient (Wildman–Crippen LogP) is 2.68. The van der Waals surface area contributed by atoms with E-state index in [9.17, 15) is 0 Å². The van der Waals surface area contributed by atoms with Gasteiger partial charge in [-0.05, 0) is 30.5 Å². The van der Waals surface area contributed by atoms with Crippen LogP contribution in [0.1, 0.15) is 23.8 Å². The van der Waals surface area contributed by atoms with Crippen LogP contribution in [0.3, 0.4) is 0 Å². The van der Waals surface area contributed by atoms with Gasteiger partial charge in [-0.2, -0.15) is 0 Å². The number of nitrogen functional groups attached to an aromatic ring is 1. The average Bonchev–Trinajstić information content (AvgIpc) is 2.89.